The zero-order valence-electron chi connectivity index (χ0n) is 15.4. The van der Waals surface area contributed by atoms with E-state index in [0.29, 0.717) is 0 Å². The number of amides is 1. The molecular formula is C18H19F4N5O. The number of alkyl halides is 3. The molecule has 1 aromatic heterocycles. The lowest BCUT2D eigenvalue weighted by atomic mass is 9.77. The van der Waals surface area contributed by atoms with Gasteiger partial charge in [0.2, 0.25) is 0 Å². The van der Waals surface area contributed by atoms with Crippen molar-refractivity contribution < 1.29 is 22.4 Å². The SMILES string of the molecule is Cn1ccc(C(=O)Nc2ccc(F)c(C3(C)N=C(N)C(C)(F)CC3(F)F)c2)n1. The largest absolute Gasteiger partial charge is 0.385 e. The van der Waals surface area contributed by atoms with Crippen molar-refractivity contribution in [2.75, 3.05) is 5.32 Å². The molecule has 0 aliphatic carbocycles. The van der Waals surface area contributed by atoms with Gasteiger partial charge in [0.05, 0.1) is 6.42 Å². The maximum atomic E-state index is 14.8. The number of anilines is 1. The number of carbonyl (C=O) groups excluding carboxylic acids is 1. The quantitative estimate of drug-likeness (QED) is 0.781. The van der Waals surface area contributed by atoms with Gasteiger partial charge in [-0.2, -0.15) is 5.10 Å². The van der Waals surface area contributed by atoms with Crippen molar-refractivity contribution in [1.82, 2.24) is 9.78 Å². The van der Waals surface area contributed by atoms with Crippen molar-refractivity contribution in [3.05, 3.63) is 47.5 Å². The highest BCUT2D eigenvalue weighted by Gasteiger charge is 2.60. The van der Waals surface area contributed by atoms with Crippen LogP contribution in [0.15, 0.2) is 35.5 Å². The first-order valence-electron chi connectivity index (χ1n) is 8.39. The molecule has 0 bridgehead atoms. The summed E-state index contributed by atoms with van der Waals surface area (Å²) in [4.78, 5) is 15.9. The van der Waals surface area contributed by atoms with Crippen molar-refractivity contribution in [2.24, 2.45) is 17.8 Å². The van der Waals surface area contributed by atoms with Gasteiger partial charge in [-0.3, -0.25) is 14.5 Å². The van der Waals surface area contributed by atoms with Gasteiger partial charge in [0.1, 0.15) is 11.7 Å². The number of aliphatic imine (C=N–C) groups is 1. The second kappa shape index (κ2) is 6.32. The van der Waals surface area contributed by atoms with Crippen LogP contribution >= 0.6 is 0 Å². The van der Waals surface area contributed by atoms with E-state index in [0.717, 1.165) is 26.0 Å². The second-order valence-corrected chi connectivity index (χ2v) is 7.17. The van der Waals surface area contributed by atoms with Gasteiger partial charge in [-0.25, -0.2) is 17.6 Å². The van der Waals surface area contributed by atoms with Crippen LogP contribution < -0.4 is 11.1 Å². The van der Waals surface area contributed by atoms with E-state index in [1.165, 1.54) is 16.8 Å². The van der Waals surface area contributed by atoms with Crippen LogP contribution in [0.2, 0.25) is 0 Å². The number of nitrogens with one attached hydrogen (secondary N) is 1. The zero-order chi connectivity index (χ0) is 20.9. The van der Waals surface area contributed by atoms with Crippen molar-refractivity contribution in [3.63, 3.8) is 0 Å². The van der Waals surface area contributed by atoms with Crippen LogP contribution in [0.1, 0.15) is 36.3 Å². The molecule has 1 aromatic carbocycles. The summed E-state index contributed by atoms with van der Waals surface area (Å²) in [6.45, 7) is 1.89. The molecule has 10 heteroatoms. The van der Waals surface area contributed by atoms with Gasteiger partial charge in [-0.1, -0.05) is 0 Å². The minimum Gasteiger partial charge on any atom is -0.385 e. The van der Waals surface area contributed by atoms with Gasteiger partial charge in [-0.15, -0.1) is 0 Å². The number of nitrogens with zero attached hydrogens (tertiary/aromatic N) is 3. The molecule has 2 heterocycles. The molecule has 1 aliphatic heterocycles. The summed E-state index contributed by atoms with van der Waals surface area (Å²) in [5.74, 6) is -5.93. The predicted octanol–water partition coefficient (Wildman–Crippen LogP) is 3.15. The summed E-state index contributed by atoms with van der Waals surface area (Å²) >= 11 is 0. The first-order valence-corrected chi connectivity index (χ1v) is 8.39. The summed E-state index contributed by atoms with van der Waals surface area (Å²) in [5, 5.41) is 6.40. The third-order valence-electron chi connectivity index (χ3n) is 4.84. The first-order chi connectivity index (χ1) is 12.9. The highest BCUT2D eigenvalue weighted by atomic mass is 19.3. The topological polar surface area (TPSA) is 85.3 Å². The maximum Gasteiger partial charge on any atom is 0.280 e. The number of rotatable bonds is 3. The van der Waals surface area contributed by atoms with Crippen LogP contribution in [0.3, 0.4) is 0 Å². The van der Waals surface area contributed by atoms with Gasteiger partial charge in [-0.05, 0) is 38.1 Å². The summed E-state index contributed by atoms with van der Waals surface area (Å²) in [6.07, 6.45) is 0.315. The minimum absolute atomic E-state index is 0.0615. The maximum absolute atomic E-state index is 14.8. The molecule has 150 valence electrons. The van der Waals surface area contributed by atoms with Gasteiger partial charge >= 0.3 is 0 Å². The highest BCUT2D eigenvalue weighted by Crippen LogP contribution is 2.50. The van der Waals surface area contributed by atoms with Crippen LogP contribution in [0.25, 0.3) is 0 Å². The van der Waals surface area contributed by atoms with Crippen molar-refractivity contribution in [3.8, 4) is 0 Å². The van der Waals surface area contributed by atoms with Gasteiger partial charge in [0.25, 0.3) is 11.8 Å². The number of nitrogens with two attached hydrogens (primary N) is 1. The number of aromatic nitrogens is 2. The molecule has 28 heavy (non-hydrogen) atoms. The molecule has 0 spiro atoms. The standard InChI is InChI=1S/C18H19F4N5O/c1-16(20)9-18(21,22)17(2,25-15(16)23)11-8-10(4-5-12(11)19)24-14(28)13-6-7-27(3)26-13/h4-8H,9H2,1-3H3,(H2,23,25)(H,24,28). The van der Waals surface area contributed by atoms with E-state index in [-0.39, 0.29) is 11.4 Å². The normalized spacial score (nSPS) is 26.6. The predicted molar refractivity (Wildman–Crippen MR) is 95.6 cm³/mol. The summed E-state index contributed by atoms with van der Waals surface area (Å²) < 4.78 is 59.7. The van der Waals surface area contributed by atoms with E-state index in [1.807, 2.05) is 0 Å². The Kier molecular flexibility index (Phi) is 4.48. The molecule has 0 saturated carbocycles. The fraction of sp³-hybridized carbons (Fsp3) is 0.389. The molecular weight excluding hydrogens is 378 g/mol. The second-order valence-electron chi connectivity index (χ2n) is 7.17. The molecule has 3 N–H and O–H groups in total. The fourth-order valence-electron chi connectivity index (χ4n) is 3.08. The lowest BCUT2D eigenvalue weighted by Crippen LogP contribution is -2.56. The average molecular weight is 397 g/mol. The number of benzene rings is 1. The van der Waals surface area contributed by atoms with Crippen LogP contribution in [-0.2, 0) is 12.6 Å². The van der Waals surface area contributed by atoms with E-state index >= 15 is 0 Å². The molecule has 3 rings (SSSR count). The molecule has 2 unspecified atom stereocenters. The van der Waals surface area contributed by atoms with Crippen molar-refractivity contribution >= 4 is 17.4 Å². The third-order valence-corrected chi connectivity index (χ3v) is 4.84. The van der Waals surface area contributed by atoms with E-state index in [4.69, 9.17) is 5.73 Å². The molecule has 1 amide bonds. The fourth-order valence-corrected chi connectivity index (χ4v) is 3.08. The molecule has 0 radical (unpaired) electrons. The molecule has 1 aliphatic rings. The molecule has 2 aromatic rings. The highest BCUT2D eigenvalue weighted by molar-refractivity contribution is 6.02. The molecule has 6 nitrogen and oxygen atoms in total. The number of hydrogen-bond donors (Lipinski definition) is 2. The summed E-state index contributed by atoms with van der Waals surface area (Å²) in [6, 6.07) is 4.65. The number of amidine groups is 1. The minimum atomic E-state index is -3.72. The molecule has 2 atom stereocenters. The zero-order valence-corrected chi connectivity index (χ0v) is 15.4. The number of aryl methyl sites for hydroxylation is 1. The Labute approximate surface area is 158 Å². The van der Waals surface area contributed by atoms with Crippen molar-refractivity contribution in [2.45, 2.75) is 37.4 Å². The lowest BCUT2D eigenvalue weighted by molar-refractivity contribution is -0.106. The van der Waals surface area contributed by atoms with Crippen LogP contribution in [0.4, 0.5) is 23.2 Å². The van der Waals surface area contributed by atoms with Crippen molar-refractivity contribution in [1.29, 1.82) is 0 Å². The van der Waals surface area contributed by atoms with Gasteiger partial charge < -0.3 is 11.1 Å². The molecule has 0 saturated heterocycles. The van der Waals surface area contributed by atoms with Gasteiger partial charge in [0.15, 0.2) is 16.9 Å². The van der Waals surface area contributed by atoms with Crippen LogP contribution in [0.5, 0.6) is 0 Å². The van der Waals surface area contributed by atoms with E-state index < -0.39 is 46.7 Å². The third kappa shape index (κ3) is 3.23. The Morgan fingerprint density at radius 2 is 1.93 bits per heavy atom. The van der Waals surface area contributed by atoms with E-state index in [2.05, 4.69) is 15.4 Å². The first kappa shape index (κ1) is 19.8. The number of hydrogen-bond acceptors (Lipinski definition) is 4. The molecule has 0 fully saturated rings. The average Bonchev–Trinajstić information content (AvgIpc) is 3.01. The Bertz CT molecular complexity index is 969. The summed E-state index contributed by atoms with van der Waals surface area (Å²) in [7, 11) is 1.62. The van der Waals surface area contributed by atoms with Crippen LogP contribution in [-0.4, -0.2) is 33.1 Å². The van der Waals surface area contributed by atoms with E-state index in [1.54, 1.807) is 13.2 Å². The van der Waals surface area contributed by atoms with E-state index in [9.17, 15) is 22.4 Å². The van der Waals surface area contributed by atoms with Crippen LogP contribution in [0, 0.1) is 5.82 Å². The number of halogens is 4. The number of carbonyl (C=O) groups is 1. The lowest BCUT2D eigenvalue weighted by Gasteiger charge is -2.42. The Morgan fingerprint density at radius 1 is 1.25 bits per heavy atom. The Morgan fingerprint density at radius 3 is 2.54 bits per heavy atom. The Hall–Kier alpha value is -2.91. The summed E-state index contributed by atoms with van der Waals surface area (Å²) in [5.41, 5.74) is 0.243. The smallest absolute Gasteiger partial charge is 0.280 e. The van der Waals surface area contributed by atoms with Gasteiger partial charge in [0, 0.05) is 24.5 Å². The Balaban J connectivity index is 2.01. The monoisotopic (exact) mass is 397 g/mol.